The monoisotopic (exact) mass is 412 g/mol. The highest BCUT2D eigenvalue weighted by Gasteiger charge is 2.28. The Morgan fingerprint density at radius 1 is 1.18 bits per heavy atom. The van der Waals surface area contributed by atoms with E-state index in [1.807, 2.05) is 53.6 Å². The van der Waals surface area contributed by atoms with Gasteiger partial charge in [-0.15, -0.1) is 21.5 Å². The number of benzene rings is 1. The van der Waals surface area contributed by atoms with Crippen molar-refractivity contribution in [1.29, 1.82) is 0 Å². The summed E-state index contributed by atoms with van der Waals surface area (Å²) < 4.78 is 0. The summed E-state index contributed by atoms with van der Waals surface area (Å²) in [5.41, 5.74) is 1.87. The standard InChI is InChI=1S/C20H20N4O2S2/c1-13-6-8-15(9-7-13)21-17(25)19-23-22-18(28-19)14-4-2-10-24(12-14)20(26)16-5-3-11-27-16/h3,5-9,11,14H,2,4,10,12H2,1H3,(H,21,25)/t14-/m0/s1. The average Bonchev–Trinajstić information content (AvgIpc) is 3.41. The maximum Gasteiger partial charge on any atom is 0.286 e. The molecular weight excluding hydrogens is 392 g/mol. The van der Waals surface area contributed by atoms with E-state index in [9.17, 15) is 9.59 Å². The Labute approximate surface area is 171 Å². The van der Waals surface area contributed by atoms with E-state index < -0.39 is 0 Å². The van der Waals surface area contributed by atoms with E-state index in [4.69, 9.17) is 0 Å². The third kappa shape index (κ3) is 4.13. The second-order valence-electron chi connectivity index (χ2n) is 6.83. The number of aromatic nitrogens is 2. The molecule has 4 rings (SSSR count). The van der Waals surface area contributed by atoms with Gasteiger partial charge < -0.3 is 10.2 Å². The highest BCUT2D eigenvalue weighted by atomic mass is 32.1. The summed E-state index contributed by atoms with van der Waals surface area (Å²) in [6, 6.07) is 11.4. The summed E-state index contributed by atoms with van der Waals surface area (Å²) in [4.78, 5) is 27.7. The van der Waals surface area contributed by atoms with Crippen molar-refractivity contribution in [1.82, 2.24) is 15.1 Å². The number of carbonyl (C=O) groups excluding carboxylic acids is 2. The van der Waals surface area contributed by atoms with Gasteiger partial charge in [0.05, 0.1) is 4.88 Å². The smallest absolute Gasteiger partial charge is 0.286 e. The summed E-state index contributed by atoms with van der Waals surface area (Å²) in [6.07, 6.45) is 1.87. The normalized spacial score (nSPS) is 16.8. The largest absolute Gasteiger partial charge is 0.337 e. The second kappa shape index (κ2) is 8.20. The fourth-order valence-electron chi connectivity index (χ4n) is 3.23. The molecule has 1 aliphatic rings. The van der Waals surface area contributed by atoms with Gasteiger partial charge in [-0.25, -0.2) is 0 Å². The lowest BCUT2D eigenvalue weighted by Gasteiger charge is -2.31. The zero-order chi connectivity index (χ0) is 19.5. The Bertz CT molecular complexity index is 967. The Balaban J connectivity index is 1.42. The maximum atomic E-state index is 12.6. The summed E-state index contributed by atoms with van der Waals surface area (Å²) in [5, 5.41) is 14.3. The zero-order valence-electron chi connectivity index (χ0n) is 15.4. The summed E-state index contributed by atoms with van der Waals surface area (Å²) in [5.74, 6) is -0.0624. The number of nitrogens with one attached hydrogen (secondary N) is 1. The number of aryl methyl sites for hydroxylation is 1. The van der Waals surface area contributed by atoms with Crippen molar-refractivity contribution in [3.63, 3.8) is 0 Å². The number of nitrogens with zero attached hydrogens (tertiary/aromatic N) is 3. The predicted molar refractivity (Wildman–Crippen MR) is 111 cm³/mol. The summed E-state index contributed by atoms with van der Waals surface area (Å²) in [6.45, 7) is 3.37. The van der Waals surface area contributed by atoms with Crippen LogP contribution in [0.15, 0.2) is 41.8 Å². The van der Waals surface area contributed by atoms with Crippen LogP contribution in [0.1, 0.15) is 48.8 Å². The topological polar surface area (TPSA) is 75.2 Å². The van der Waals surface area contributed by atoms with Gasteiger partial charge in [0.2, 0.25) is 5.01 Å². The molecule has 6 nitrogen and oxygen atoms in total. The van der Waals surface area contributed by atoms with Gasteiger partial charge in [-0.05, 0) is 43.3 Å². The predicted octanol–water partition coefficient (Wildman–Crippen LogP) is 4.18. The molecule has 0 spiro atoms. The Hall–Kier alpha value is -2.58. The van der Waals surface area contributed by atoms with Crippen molar-refractivity contribution in [2.45, 2.75) is 25.7 Å². The van der Waals surface area contributed by atoms with Gasteiger partial charge in [-0.1, -0.05) is 35.1 Å². The molecule has 0 unspecified atom stereocenters. The van der Waals surface area contributed by atoms with Gasteiger partial charge in [-0.3, -0.25) is 9.59 Å². The molecule has 3 aromatic rings. The van der Waals surface area contributed by atoms with Gasteiger partial charge in [-0.2, -0.15) is 0 Å². The van der Waals surface area contributed by atoms with Crippen LogP contribution < -0.4 is 5.32 Å². The molecule has 1 atom stereocenters. The van der Waals surface area contributed by atoms with Gasteiger partial charge >= 0.3 is 0 Å². The highest BCUT2D eigenvalue weighted by molar-refractivity contribution is 7.13. The average molecular weight is 413 g/mol. The first-order valence-corrected chi connectivity index (χ1v) is 10.8. The van der Waals surface area contributed by atoms with E-state index in [1.54, 1.807) is 0 Å². The molecule has 1 N–H and O–H groups in total. The molecule has 1 fully saturated rings. The number of piperidine rings is 1. The van der Waals surface area contributed by atoms with Crippen molar-refractivity contribution in [3.8, 4) is 0 Å². The third-order valence-electron chi connectivity index (χ3n) is 4.73. The zero-order valence-corrected chi connectivity index (χ0v) is 17.1. The number of thiophene rings is 1. The van der Waals surface area contributed by atoms with Crippen molar-refractivity contribution in [2.24, 2.45) is 0 Å². The molecule has 0 saturated carbocycles. The van der Waals surface area contributed by atoms with Crippen LogP contribution in [0.4, 0.5) is 5.69 Å². The van der Waals surface area contributed by atoms with Crippen LogP contribution >= 0.6 is 22.7 Å². The SMILES string of the molecule is Cc1ccc(NC(=O)c2nnc([C@H]3CCCN(C(=O)c4cccs4)C3)s2)cc1. The van der Waals surface area contributed by atoms with Crippen LogP contribution in [0.5, 0.6) is 0 Å². The van der Waals surface area contributed by atoms with E-state index in [0.29, 0.717) is 11.6 Å². The molecule has 1 aromatic carbocycles. The van der Waals surface area contributed by atoms with Crippen molar-refractivity contribution >= 4 is 40.2 Å². The van der Waals surface area contributed by atoms with Crippen LogP contribution in [-0.4, -0.2) is 40.0 Å². The first kappa shape index (κ1) is 18.8. The number of anilines is 1. The molecule has 144 valence electrons. The lowest BCUT2D eigenvalue weighted by atomic mass is 9.98. The first-order valence-electron chi connectivity index (χ1n) is 9.14. The number of hydrogen-bond donors (Lipinski definition) is 1. The van der Waals surface area contributed by atoms with Crippen LogP contribution in [0.3, 0.4) is 0 Å². The van der Waals surface area contributed by atoms with Crippen molar-refractivity contribution in [3.05, 3.63) is 62.2 Å². The quantitative estimate of drug-likeness (QED) is 0.697. The first-order chi connectivity index (χ1) is 13.6. The van der Waals surface area contributed by atoms with E-state index in [2.05, 4.69) is 15.5 Å². The molecule has 28 heavy (non-hydrogen) atoms. The fraction of sp³-hybridized carbons (Fsp3) is 0.300. The van der Waals surface area contributed by atoms with E-state index in [0.717, 1.165) is 40.5 Å². The molecule has 2 amide bonds. The van der Waals surface area contributed by atoms with E-state index in [-0.39, 0.29) is 17.7 Å². The van der Waals surface area contributed by atoms with Crippen molar-refractivity contribution < 1.29 is 9.59 Å². The number of hydrogen-bond acceptors (Lipinski definition) is 6. The Morgan fingerprint density at radius 2 is 2.00 bits per heavy atom. The highest BCUT2D eigenvalue weighted by Crippen LogP contribution is 2.30. The van der Waals surface area contributed by atoms with Gasteiger partial charge in [0.25, 0.3) is 11.8 Å². The lowest BCUT2D eigenvalue weighted by Crippen LogP contribution is -2.38. The third-order valence-corrected chi connectivity index (χ3v) is 6.68. The molecule has 1 aliphatic heterocycles. The number of amides is 2. The minimum atomic E-state index is -0.255. The molecule has 3 heterocycles. The Morgan fingerprint density at radius 3 is 2.75 bits per heavy atom. The molecule has 0 bridgehead atoms. The van der Waals surface area contributed by atoms with Gasteiger partial charge in [0, 0.05) is 24.7 Å². The fourth-order valence-corrected chi connectivity index (χ4v) is 4.79. The summed E-state index contributed by atoms with van der Waals surface area (Å²) >= 11 is 2.77. The van der Waals surface area contributed by atoms with Gasteiger partial charge in [0.15, 0.2) is 0 Å². The summed E-state index contributed by atoms with van der Waals surface area (Å²) in [7, 11) is 0. The Kier molecular flexibility index (Phi) is 5.50. The number of likely N-dealkylation sites (tertiary alicyclic amines) is 1. The number of rotatable bonds is 4. The minimum Gasteiger partial charge on any atom is -0.337 e. The van der Waals surface area contributed by atoms with E-state index >= 15 is 0 Å². The molecule has 0 aliphatic carbocycles. The van der Waals surface area contributed by atoms with E-state index in [1.165, 1.54) is 22.7 Å². The minimum absolute atomic E-state index is 0.0709. The van der Waals surface area contributed by atoms with Crippen LogP contribution in [0.2, 0.25) is 0 Å². The maximum absolute atomic E-state index is 12.6. The van der Waals surface area contributed by atoms with Crippen LogP contribution in [0, 0.1) is 6.92 Å². The van der Waals surface area contributed by atoms with Crippen molar-refractivity contribution in [2.75, 3.05) is 18.4 Å². The molecule has 1 saturated heterocycles. The number of carbonyl (C=O) groups is 2. The molecule has 2 aromatic heterocycles. The molecular formula is C20H20N4O2S2. The molecule has 8 heteroatoms. The second-order valence-corrected chi connectivity index (χ2v) is 8.79. The van der Waals surface area contributed by atoms with Gasteiger partial charge in [0.1, 0.15) is 5.01 Å². The molecule has 0 radical (unpaired) electrons. The lowest BCUT2D eigenvalue weighted by molar-refractivity contribution is 0.0711. The van der Waals surface area contributed by atoms with Crippen LogP contribution in [-0.2, 0) is 0 Å². The van der Waals surface area contributed by atoms with Crippen LogP contribution in [0.25, 0.3) is 0 Å².